The molecule has 2 rings (SSSR count). The molecule has 0 radical (unpaired) electrons. The standard InChI is InChI=1S/C23H28FN3O3/c1-4-5-14-30-18-12-10-17(11-13-18)15-25-27-23(29)21(16(2)3)26-22(28)19-8-6-7-9-20(19)24/h6-13,15-16,21H,4-5,14H2,1-3H3,(H,26,28)(H,27,29). The Bertz CT molecular complexity index is 866. The molecular weight excluding hydrogens is 385 g/mol. The third-order valence-electron chi connectivity index (χ3n) is 4.39. The molecule has 0 heterocycles. The fourth-order valence-electron chi connectivity index (χ4n) is 2.62. The largest absolute Gasteiger partial charge is 0.494 e. The lowest BCUT2D eigenvalue weighted by molar-refractivity contribution is -0.123. The van der Waals surface area contributed by atoms with Crippen molar-refractivity contribution in [2.45, 2.75) is 39.7 Å². The number of nitrogens with one attached hydrogen (secondary N) is 2. The summed E-state index contributed by atoms with van der Waals surface area (Å²) in [5, 5.41) is 6.53. The topological polar surface area (TPSA) is 79.8 Å². The average Bonchev–Trinajstić information content (AvgIpc) is 2.73. The van der Waals surface area contributed by atoms with Crippen molar-refractivity contribution in [2.24, 2.45) is 11.0 Å². The van der Waals surface area contributed by atoms with Crippen LogP contribution in [0.5, 0.6) is 5.75 Å². The first-order valence-corrected chi connectivity index (χ1v) is 10.0. The van der Waals surface area contributed by atoms with Gasteiger partial charge in [0.25, 0.3) is 11.8 Å². The van der Waals surface area contributed by atoms with Crippen LogP contribution < -0.4 is 15.5 Å². The fourth-order valence-corrected chi connectivity index (χ4v) is 2.62. The fraction of sp³-hybridized carbons (Fsp3) is 0.348. The number of ether oxygens (including phenoxy) is 1. The molecular formula is C23H28FN3O3. The van der Waals surface area contributed by atoms with Gasteiger partial charge in [0.15, 0.2) is 0 Å². The molecule has 0 aliphatic heterocycles. The van der Waals surface area contributed by atoms with E-state index in [-0.39, 0.29) is 11.5 Å². The monoisotopic (exact) mass is 413 g/mol. The van der Waals surface area contributed by atoms with Gasteiger partial charge in [-0.25, -0.2) is 9.82 Å². The zero-order valence-electron chi connectivity index (χ0n) is 17.5. The Morgan fingerprint density at radius 1 is 1.13 bits per heavy atom. The Labute approximate surface area is 176 Å². The predicted octanol–water partition coefficient (Wildman–Crippen LogP) is 3.91. The van der Waals surface area contributed by atoms with E-state index < -0.39 is 23.7 Å². The molecule has 1 atom stereocenters. The van der Waals surface area contributed by atoms with Crippen molar-refractivity contribution in [1.82, 2.24) is 10.7 Å². The summed E-state index contributed by atoms with van der Waals surface area (Å²) in [6.07, 6.45) is 3.58. The number of amides is 2. The molecule has 1 unspecified atom stereocenters. The second kappa shape index (κ2) is 11.7. The minimum Gasteiger partial charge on any atom is -0.494 e. The maximum Gasteiger partial charge on any atom is 0.262 e. The van der Waals surface area contributed by atoms with Gasteiger partial charge in [0.05, 0.1) is 18.4 Å². The molecule has 0 bridgehead atoms. The van der Waals surface area contributed by atoms with E-state index in [0.717, 1.165) is 24.2 Å². The van der Waals surface area contributed by atoms with Crippen LogP contribution in [0.25, 0.3) is 0 Å². The maximum atomic E-state index is 13.8. The molecule has 0 aliphatic rings. The Hall–Kier alpha value is -3.22. The highest BCUT2D eigenvalue weighted by Gasteiger charge is 2.25. The Morgan fingerprint density at radius 2 is 1.83 bits per heavy atom. The molecule has 7 heteroatoms. The van der Waals surface area contributed by atoms with Crippen LogP contribution in [0.4, 0.5) is 4.39 Å². The molecule has 2 N–H and O–H groups in total. The van der Waals surface area contributed by atoms with Crippen molar-refractivity contribution < 1.29 is 18.7 Å². The minimum atomic E-state index is -0.858. The average molecular weight is 413 g/mol. The van der Waals surface area contributed by atoms with Crippen molar-refractivity contribution in [3.8, 4) is 5.75 Å². The number of halogens is 1. The van der Waals surface area contributed by atoms with Gasteiger partial charge in [-0.3, -0.25) is 9.59 Å². The molecule has 0 aliphatic carbocycles. The van der Waals surface area contributed by atoms with E-state index in [4.69, 9.17) is 4.74 Å². The SMILES string of the molecule is CCCCOc1ccc(C=NNC(=O)C(NC(=O)c2ccccc2F)C(C)C)cc1. The van der Waals surface area contributed by atoms with Gasteiger partial charge in [-0.2, -0.15) is 5.10 Å². The number of hydrogen-bond donors (Lipinski definition) is 2. The molecule has 2 aromatic rings. The number of nitrogens with zero attached hydrogens (tertiary/aromatic N) is 1. The summed E-state index contributed by atoms with van der Waals surface area (Å²) >= 11 is 0. The quantitative estimate of drug-likeness (QED) is 0.352. The van der Waals surface area contributed by atoms with E-state index in [9.17, 15) is 14.0 Å². The van der Waals surface area contributed by atoms with Gasteiger partial charge in [-0.15, -0.1) is 0 Å². The third-order valence-corrected chi connectivity index (χ3v) is 4.39. The van der Waals surface area contributed by atoms with Gasteiger partial charge in [-0.1, -0.05) is 39.3 Å². The summed E-state index contributed by atoms with van der Waals surface area (Å²) in [7, 11) is 0. The van der Waals surface area contributed by atoms with Gasteiger partial charge in [0.1, 0.15) is 17.6 Å². The van der Waals surface area contributed by atoms with E-state index >= 15 is 0 Å². The number of carbonyl (C=O) groups is 2. The van der Waals surface area contributed by atoms with Crippen LogP contribution in [-0.2, 0) is 4.79 Å². The van der Waals surface area contributed by atoms with E-state index in [1.54, 1.807) is 19.9 Å². The Kier molecular flexibility index (Phi) is 9.00. The molecule has 0 saturated heterocycles. The van der Waals surface area contributed by atoms with Crippen molar-refractivity contribution in [1.29, 1.82) is 0 Å². The van der Waals surface area contributed by atoms with Gasteiger partial charge < -0.3 is 10.1 Å². The number of unbranched alkanes of at least 4 members (excludes halogenated alkanes) is 1. The predicted molar refractivity (Wildman–Crippen MR) is 115 cm³/mol. The minimum absolute atomic E-state index is 0.110. The van der Waals surface area contributed by atoms with Gasteiger partial charge in [0.2, 0.25) is 0 Å². The number of benzene rings is 2. The van der Waals surface area contributed by atoms with E-state index in [1.807, 2.05) is 24.3 Å². The zero-order chi connectivity index (χ0) is 21.9. The van der Waals surface area contributed by atoms with Crippen LogP contribution in [0.3, 0.4) is 0 Å². The molecule has 2 aromatic carbocycles. The van der Waals surface area contributed by atoms with Crippen molar-refractivity contribution in [3.63, 3.8) is 0 Å². The second-order valence-electron chi connectivity index (χ2n) is 7.18. The number of hydrazone groups is 1. The first-order chi connectivity index (χ1) is 14.4. The Balaban J connectivity index is 1.93. The van der Waals surface area contributed by atoms with Crippen LogP contribution >= 0.6 is 0 Å². The first-order valence-electron chi connectivity index (χ1n) is 10.0. The number of hydrogen-bond acceptors (Lipinski definition) is 4. The smallest absolute Gasteiger partial charge is 0.262 e. The number of rotatable bonds is 10. The molecule has 160 valence electrons. The summed E-state index contributed by atoms with van der Waals surface area (Å²) in [5.74, 6) is -1.20. The van der Waals surface area contributed by atoms with E-state index in [0.29, 0.717) is 6.61 Å². The summed E-state index contributed by atoms with van der Waals surface area (Å²) in [6.45, 7) is 6.35. The lowest BCUT2D eigenvalue weighted by atomic mass is 10.0. The zero-order valence-corrected chi connectivity index (χ0v) is 17.5. The second-order valence-corrected chi connectivity index (χ2v) is 7.18. The first kappa shape index (κ1) is 23.1. The molecule has 0 saturated carbocycles. The lowest BCUT2D eigenvalue weighted by Gasteiger charge is -2.20. The normalized spacial score (nSPS) is 12.0. The van der Waals surface area contributed by atoms with Gasteiger partial charge in [-0.05, 0) is 54.3 Å². The van der Waals surface area contributed by atoms with Crippen LogP contribution in [0.1, 0.15) is 49.5 Å². The molecule has 0 spiro atoms. The Morgan fingerprint density at radius 3 is 2.47 bits per heavy atom. The summed E-state index contributed by atoms with van der Waals surface area (Å²) in [6, 6.07) is 12.1. The van der Waals surface area contributed by atoms with Crippen LogP contribution in [0, 0.1) is 11.7 Å². The summed E-state index contributed by atoms with van der Waals surface area (Å²) in [5.41, 5.74) is 3.11. The maximum absolute atomic E-state index is 13.8. The summed E-state index contributed by atoms with van der Waals surface area (Å²) in [4.78, 5) is 24.8. The van der Waals surface area contributed by atoms with Crippen molar-refractivity contribution >= 4 is 18.0 Å². The van der Waals surface area contributed by atoms with Gasteiger partial charge in [0, 0.05) is 0 Å². The molecule has 6 nitrogen and oxygen atoms in total. The van der Waals surface area contributed by atoms with Gasteiger partial charge >= 0.3 is 0 Å². The highest BCUT2D eigenvalue weighted by Crippen LogP contribution is 2.12. The number of carbonyl (C=O) groups excluding carboxylic acids is 2. The van der Waals surface area contributed by atoms with Crippen LogP contribution in [0.15, 0.2) is 53.6 Å². The summed E-state index contributed by atoms with van der Waals surface area (Å²) < 4.78 is 19.4. The molecule has 0 aromatic heterocycles. The molecule has 0 fully saturated rings. The van der Waals surface area contributed by atoms with Crippen molar-refractivity contribution in [2.75, 3.05) is 6.61 Å². The lowest BCUT2D eigenvalue weighted by Crippen LogP contribution is -2.48. The van der Waals surface area contributed by atoms with Crippen molar-refractivity contribution in [3.05, 3.63) is 65.5 Å². The third kappa shape index (κ3) is 6.99. The molecule has 2 amide bonds. The molecule has 30 heavy (non-hydrogen) atoms. The highest BCUT2D eigenvalue weighted by molar-refractivity contribution is 5.98. The van der Waals surface area contributed by atoms with E-state index in [2.05, 4.69) is 22.8 Å². The van der Waals surface area contributed by atoms with Crippen LogP contribution in [0.2, 0.25) is 0 Å². The van der Waals surface area contributed by atoms with E-state index in [1.165, 1.54) is 24.4 Å². The highest BCUT2D eigenvalue weighted by atomic mass is 19.1. The van der Waals surface area contributed by atoms with Crippen LogP contribution in [-0.4, -0.2) is 30.7 Å².